The van der Waals surface area contributed by atoms with Crippen LogP contribution in [0.5, 0.6) is 0 Å². The van der Waals surface area contributed by atoms with Gasteiger partial charge in [0.1, 0.15) is 0 Å². The second-order valence-electron chi connectivity index (χ2n) is 5.23. The van der Waals surface area contributed by atoms with Crippen molar-refractivity contribution < 1.29 is 0 Å². The summed E-state index contributed by atoms with van der Waals surface area (Å²) in [5, 5.41) is 6.05. The lowest BCUT2D eigenvalue weighted by molar-refractivity contribution is 0.757. The van der Waals surface area contributed by atoms with Gasteiger partial charge in [-0.3, -0.25) is 0 Å². The van der Waals surface area contributed by atoms with Crippen LogP contribution in [0, 0.1) is 0 Å². The van der Waals surface area contributed by atoms with Crippen LogP contribution in [0.15, 0.2) is 53.5 Å². The summed E-state index contributed by atoms with van der Waals surface area (Å²) in [6, 6.07) is 15.4. The van der Waals surface area contributed by atoms with Gasteiger partial charge in [0, 0.05) is 45.9 Å². The summed E-state index contributed by atoms with van der Waals surface area (Å²) in [6.07, 6.45) is 0. The number of aromatic nitrogens is 1. The Hall–Kier alpha value is -1.58. The minimum absolute atomic E-state index is 0.786. The number of hydrogen-bond donors (Lipinski definition) is 1. The molecule has 0 amide bonds. The van der Waals surface area contributed by atoms with Crippen LogP contribution >= 0.6 is 15.9 Å². The van der Waals surface area contributed by atoms with Crippen LogP contribution < -0.4 is 5.32 Å². The molecule has 0 fully saturated rings. The first-order valence-corrected chi connectivity index (χ1v) is 8.04. The van der Waals surface area contributed by atoms with Gasteiger partial charge in [-0.25, -0.2) is 0 Å². The van der Waals surface area contributed by atoms with Crippen LogP contribution in [-0.4, -0.2) is 11.1 Å². The molecule has 3 rings (SSSR count). The molecule has 0 atom stereocenters. The van der Waals surface area contributed by atoms with Crippen LogP contribution in [-0.2, 0) is 13.1 Å². The first-order chi connectivity index (χ1) is 10.2. The number of para-hydroxylation sites is 1. The summed E-state index contributed by atoms with van der Waals surface area (Å²) in [7, 11) is 0. The highest BCUT2D eigenvalue weighted by Gasteiger charge is 2.09. The molecule has 0 aliphatic heterocycles. The zero-order chi connectivity index (χ0) is 14.8. The monoisotopic (exact) mass is 342 g/mol. The third-order valence-electron chi connectivity index (χ3n) is 3.80. The maximum absolute atomic E-state index is 3.84. The average molecular weight is 343 g/mol. The van der Waals surface area contributed by atoms with E-state index in [1.807, 2.05) is 0 Å². The van der Waals surface area contributed by atoms with E-state index < -0.39 is 0 Å². The molecule has 21 heavy (non-hydrogen) atoms. The van der Waals surface area contributed by atoms with E-state index >= 15 is 0 Å². The molecule has 0 unspecified atom stereocenters. The van der Waals surface area contributed by atoms with E-state index in [9.17, 15) is 0 Å². The molecule has 108 valence electrons. The molecule has 1 aromatic heterocycles. The molecule has 1 N–H and O–H groups in total. The van der Waals surface area contributed by atoms with Crippen molar-refractivity contribution in [3.8, 4) is 0 Å². The number of fused-ring (bicyclic) bond motifs is 3. The molecular formula is C18H19BrN2. The fourth-order valence-corrected chi connectivity index (χ4v) is 3.09. The molecule has 1 heterocycles. The summed E-state index contributed by atoms with van der Waals surface area (Å²) in [5.74, 6) is 0. The Morgan fingerprint density at radius 2 is 1.90 bits per heavy atom. The van der Waals surface area contributed by atoms with E-state index in [0.29, 0.717) is 0 Å². The maximum Gasteiger partial charge on any atom is 0.0491 e. The Kier molecular flexibility index (Phi) is 4.13. The van der Waals surface area contributed by atoms with Gasteiger partial charge in [0.05, 0.1) is 0 Å². The number of halogens is 1. The van der Waals surface area contributed by atoms with Gasteiger partial charge in [-0.05, 0) is 30.7 Å². The number of nitrogens with one attached hydrogen (secondary N) is 1. The summed E-state index contributed by atoms with van der Waals surface area (Å²) in [5.41, 5.74) is 3.93. The van der Waals surface area contributed by atoms with Crippen molar-refractivity contribution in [1.29, 1.82) is 0 Å². The SMILES string of the molecule is C=C(Br)CNCc1ccc2c(c1)c1ccccc1n2CC. The lowest BCUT2D eigenvalue weighted by Gasteiger charge is -2.06. The maximum atomic E-state index is 3.84. The highest BCUT2D eigenvalue weighted by Crippen LogP contribution is 2.29. The summed E-state index contributed by atoms with van der Waals surface area (Å²) in [6.45, 7) is 8.67. The van der Waals surface area contributed by atoms with Crippen LogP contribution in [0.2, 0.25) is 0 Å². The quantitative estimate of drug-likeness (QED) is 0.703. The fraction of sp³-hybridized carbons (Fsp3) is 0.222. The van der Waals surface area contributed by atoms with Gasteiger partial charge in [0.15, 0.2) is 0 Å². The van der Waals surface area contributed by atoms with E-state index in [1.54, 1.807) is 0 Å². The minimum Gasteiger partial charge on any atom is -0.341 e. The van der Waals surface area contributed by atoms with Crippen molar-refractivity contribution in [3.05, 3.63) is 59.1 Å². The van der Waals surface area contributed by atoms with E-state index in [0.717, 1.165) is 24.1 Å². The molecule has 0 saturated heterocycles. The Labute approximate surface area is 133 Å². The van der Waals surface area contributed by atoms with Crippen molar-refractivity contribution >= 4 is 37.7 Å². The van der Waals surface area contributed by atoms with E-state index in [1.165, 1.54) is 27.4 Å². The molecule has 0 radical (unpaired) electrons. The molecule has 0 bridgehead atoms. The second-order valence-corrected chi connectivity index (χ2v) is 6.36. The zero-order valence-corrected chi connectivity index (χ0v) is 13.8. The van der Waals surface area contributed by atoms with Crippen molar-refractivity contribution in [3.63, 3.8) is 0 Å². The van der Waals surface area contributed by atoms with Gasteiger partial charge < -0.3 is 9.88 Å². The largest absolute Gasteiger partial charge is 0.341 e. The summed E-state index contributed by atoms with van der Waals surface area (Å²) in [4.78, 5) is 0. The summed E-state index contributed by atoms with van der Waals surface area (Å²) >= 11 is 3.37. The number of hydrogen-bond acceptors (Lipinski definition) is 1. The van der Waals surface area contributed by atoms with Gasteiger partial charge in [0.2, 0.25) is 0 Å². The Morgan fingerprint density at radius 3 is 2.67 bits per heavy atom. The van der Waals surface area contributed by atoms with Gasteiger partial charge in [-0.1, -0.05) is 46.8 Å². The first kappa shape index (κ1) is 14.4. The fourth-order valence-electron chi connectivity index (χ4n) is 2.89. The molecule has 2 aromatic carbocycles. The third-order valence-corrected chi connectivity index (χ3v) is 4.08. The predicted octanol–water partition coefficient (Wildman–Crippen LogP) is 4.81. The van der Waals surface area contributed by atoms with Gasteiger partial charge in [-0.15, -0.1) is 0 Å². The highest BCUT2D eigenvalue weighted by molar-refractivity contribution is 9.11. The van der Waals surface area contributed by atoms with E-state index in [4.69, 9.17) is 0 Å². The van der Waals surface area contributed by atoms with Crippen LogP contribution in [0.25, 0.3) is 21.8 Å². The van der Waals surface area contributed by atoms with Crippen LogP contribution in [0.4, 0.5) is 0 Å². The lowest BCUT2D eigenvalue weighted by Crippen LogP contribution is -2.14. The van der Waals surface area contributed by atoms with Gasteiger partial charge in [0.25, 0.3) is 0 Å². The van der Waals surface area contributed by atoms with Crippen LogP contribution in [0.1, 0.15) is 12.5 Å². The molecule has 3 aromatic rings. The normalized spacial score (nSPS) is 11.3. The number of benzene rings is 2. The summed E-state index contributed by atoms with van der Waals surface area (Å²) < 4.78 is 3.36. The lowest BCUT2D eigenvalue weighted by atomic mass is 10.1. The molecule has 0 aliphatic carbocycles. The standard InChI is InChI=1S/C18H19BrN2/c1-3-21-17-7-5-4-6-15(17)16-10-14(8-9-18(16)21)12-20-11-13(2)19/h4-10,20H,2-3,11-12H2,1H3. The smallest absolute Gasteiger partial charge is 0.0491 e. The van der Waals surface area contributed by atoms with Crippen molar-refractivity contribution in [2.24, 2.45) is 0 Å². The Balaban J connectivity index is 2.04. The van der Waals surface area contributed by atoms with Crippen molar-refractivity contribution in [1.82, 2.24) is 9.88 Å². The zero-order valence-electron chi connectivity index (χ0n) is 12.2. The number of aryl methyl sites for hydroxylation is 1. The Morgan fingerprint density at radius 1 is 1.14 bits per heavy atom. The van der Waals surface area contributed by atoms with Crippen molar-refractivity contribution in [2.45, 2.75) is 20.0 Å². The Bertz CT molecular complexity index is 801. The highest BCUT2D eigenvalue weighted by atomic mass is 79.9. The number of nitrogens with zero attached hydrogens (tertiary/aromatic N) is 1. The minimum atomic E-state index is 0.786. The molecule has 0 aliphatic rings. The van der Waals surface area contributed by atoms with Gasteiger partial charge in [-0.2, -0.15) is 0 Å². The van der Waals surface area contributed by atoms with Crippen molar-refractivity contribution in [2.75, 3.05) is 6.54 Å². The molecule has 0 spiro atoms. The predicted molar refractivity (Wildman–Crippen MR) is 94.9 cm³/mol. The number of rotatable bonds is 5. The third kappa shape index (κ3) is 2.76. The van der Waals surface area contributed by atoms with Gasteiger partial charge >= 0.3 is 0 Å². The molecule has 2 nitrogen and oxygen atoms in total. The second kappa shape index (κ2) is 6.04. The van der Waals surface area contributed by atoms with E-state index in [2.05, 4.69) is 81.8 Å². The van der Waals surface area contributed by atoms with E-state index in [-0.39, 0.29) is 0 Å². The molecular weight excluding hydrogens is 324 g/mol. The first-order valence-electron chi connectivity index (χ1n) is 7.24. The topological polar surface area (TPSA) is 17.0 Å². The molecule has 3 heteroatoms. The molecule has 0 saturated carbocycles. The van der Waals surface area contributed by atoms with Crippen LogP contribution in [0.3, 0.4) is 0 Å². The average Bonchev–Trinajstić information content (AvgIpc) is 2.80.